The van der Waals surface area contributed by atoms with Crippen molar-refractivity contribution >= 4 is 12.1 Å². The van der Waals surface area contributed by atoms with E-state index in [1.54, 1.807) is 4.90 Å². The molecule has 0 aromatic heterocycles. The number of likely N-dealkylation sites (tertiary alicyclic amines) is 2. The summed E-state index contributed by atoms with van der Waals surface area (Å²) in [5, 5.41) is 7.42. The van der Waals surface area contributed by atoms with Gasteiger partial charge in [-0.2, -0.15) is 0 Å². The van der Waals surface area contributed by atoms with E-state index in [9.17, 15) is 4.79 Å². The largest absolute Gasteiger partial charge is 0.444 e. The Morgan fingerprint density at radius 3 is 2.00 bits per heavy atom. The summed E-state index contributed by atoms with van der Waals surface area (Å²) in [4.78, 5) is 15.6. The Balaban J connectivity index is 1.89. The Morgan fingerprint density at radius 1 is 1.17 bits per heavy atom. The molecule has 2 atom stereocenters. The summed E-state index contributed by atoms with van der Waals surface area (Å²) in [5.41, 5.74) is 5.04. The lowest BCUT2D eigenvalue weighted by atomic mass is 10.0. The molecule has 2 saturated heterocycles. The van der Waals surface area contributed by atoms with Crippen molar-refractivity contribution < 1.29 is 9.53 Å². The van der Waals surface area contributed by atoms with E-state index in [2.05, 4.69) is 0 Å². The fourth-order valence-corrected chi connectivity index (χ4v) is 2.67. The van der Waals surface area contributed by atoms with Crippen LogP contribution in [-0.4, -0.2) is 53.6 Å². The second-order valence-corrected chi connectivity index (χ2v) is 6.20. The average molecular weight is 254 g/mol. The zero-order valence-corrected chi connectivity index (χ0v) is 11.3. The van der Waals surface area contributed by atoms with Crippen molar-refractivity contribution in [3.05, 3.63) is 0 Å². The quantitative estimate of drug-likeness (QED) is 0.492. The van der Waals surface area contributed by atoms with Gasteiger partial charge in [0.15, 0.2) is 5.96 Å². The number of nitrogens with two attached hydrogens (primary N) is 1. The molecular weight excluding hydrogens is 232 g/mol. The Morgan fingerprint density at radius 2 is 1.61 bits per heavy atom. The minimum Gasteiger partial charge on any atom is -0.444 e. The summed E-state index contributed by atoms with van der Waals surface area (Å²) in [5.74, 6) is 0.969. The molecule has 0 spiro atoms. The molecule has 0 aliphatic carbocycles. The highest BCUT2D eigenvalue weighted by Gasteiger charge is 2.43. The highest BCUT2D eigenvalue weighted by molar-refractivity contribution is 5.75. The maximum atomic E-state index is 11.9. The Labute approximate surface area is 108 Å². The molecule has 0 aromatic rings. The lowest BCUT2D eigenvalue weighted by molar-refractivity contribution is 0.0278. The predicted molar refractivity (Wildman–Crippen MR) is 68.3 cm³/mol. The van der Waals surface area contributed by atoms with Crippen LogP contribution in [0, 0.1) is 17.2 Å². The average Bonchev–Trinajstić information content (AvgIpc) is 2.69. The zero-order chi connectivity index (χ0) is 13.5. The van der Waals surface area contributed by atoms with Crippen LogP contribution in [0.15, 0.2) is 0 Å². The van der Waals surface area contributed by atoms with Crippen molar-refractivity contribution in [3.63, 3.8) is 0 Å². The number of carbonyl (C=O) groups excluding carboxylic acids is 1. The minimum atomic E-state index is -0.444. The summed E-state index contributed by atoms with van der Waals surface area (Å²) in [6.07, 6.45) is -0.230. The molecule has 102 valence electrons. The molecule has 0 bridgehead atoms. The third-order valence-corrected chi connectivity index (χ3v) is 3.48. The Bertz CT molecular complexity index is 350. The van der Waals surface area contributed by atoms with Gasteiger partial charge in [0.2, 0.25) is 0 Å². The van der Waals surface area contributed by atoms with Gasteiger partial charge in [-0.15, -0.1) is 0 Å². The maximum Gasteiger partial charge on any atom is 0.410 e. The molecule has 2 rings (SSSR count). The first-order valence-corrected chi connectivity index (χ1v) is 6.33. The number of rotatable bonds is 0. The SMILES string of the molecule is CC(C)(C)OC(=O)N1CC2CN(C(=N)N)CC2C1. The lowest BCUT2D eigenvalue weighted by Crippen LogP contribution is -2.40. The van der Waals surface area contributed by atoms with Gasteiger partial charge in [-0.05, 0) is 20.8 Å². The fourth-order valence-electron chi connectivity index (χ4n) is 2.67. The van der Waals surface area contributed by atoms with Gasteiger partial charge in [0.25, 0.3) is 0 Å². The topological polar surface area (TPSA) is 82.7 Å². The number of fused-ring (bicyclic) bond motifs is 1. The van der Waals surface area contributed by atoms with Crippen LogP contribution in [0.5, 0.6) is 0 Å². The highest BCUT2D eigenvalue weighted by atomic mass is 16.6. The number of guanidine groups is 1. The molecule has 6 nitrogen and oxygen atoms in total. The first kappa shape index (κ1) is 13.0. The number of amides is 1. The van der Waals surface area contributed by atoms with Crippen LogP contribution in [0.4, 0.5) is 4.79 Å². The molecule has 0 radical (unpaired) electrons. The lowest BCUT2D eigenvalue weighted by Gasteiger charge is -2.26. The van der Waals surface area contributed by atoms with Crippen LogP contribution in [0.2, 0.25) is 0 Å². The summed E-state index contributed by atoms with van der Waals surface area (Å²) < 4.78 is 5.37. The number of ether oxygens (including phenoxy) is 1. The number of hydrogen-bond donors (Lipinski definition) is 2. The minimum absolute atomic E-state index is 0.133. The van der Waals surface area contributed by atoms with Gasteiger partial charge in [0.1, 0.15) is 5.60 Å². The van der Waals surface area contributed by atoms with Crippen molar-refractivity contribution in [2.45, 2.75) is 26.4 Å². The van der Waals surface area contributed by atoms with Gasteiger partial charge in [-0.1, -0.05) is 0 Å². The summed E-state index contributed by atoms with van der Waals surface area (Å²) >= 11 is 0. The van der Waals surface area contributed by atoms with Crippen molar-refractivity contribution in [1.29, 1.82) is 5.41 Å². The van der Waals surface area contributed by atoms with Gasteiger partial charge in [0.05, 0.1) is 0 Å². The molecule has 1 amide bonds. The molecule has 0 saturated carbocycles. The third kappa shape index (κ3) is 2.68. The second kappa shape index (κ2) is 4.33. The molecule has 18 heavy (non-hydrogen) atoms. The molecule has 3 N–H and O–H groups in total. The normalized spacial score (nSPS) is 27.3. The van der Waals surface area contributed by atoms with Crippen molar-refractivity contribution in [3.8, 4) is 0 Å². The van der Waals surface area contributed by atoms with E-state index >= 15 is 0 Å². The smallest absolute Gasteiger partial charge is 0.410 e. The van der Waals surface area contributed by atoms with Gasteiger partial charge < -0.3 is 20.3 Å². The van der Waals surface area contributed by atoms with E-state index < -0.39 is 5.60 Å². The molecule has 2 aliphatic heterocycles. The van der Waals surface area contributed by atoms with E-state index in [0.717, 1.165) is 13.1 Å². The molecule has 2 unspecified atom stereocenters. The van der Waals surface area contributed by atoms with Crippen molar-refractivity contribution in [1.82, 2.24) is 9.80 Å². The highest BCUT2D eigenvalue weighted by Crippen LogP contribution is 2.31. The van der Waals surface area contributed by atoms with Crippen LogP contribution in [0.3, 0.4) is 0 Å². The Hall–Kier alpha value is -1.46. The van der Waals surface area contributed by atoms with Gasteiger partial charge in [-0.3, -0.25) is 5.41 Å². The molecule has 0 aromatic carbocycles. The number of nitrogens with zero attached hydrogens (tertiary/aromatic N) is 2. The molecular formula is C12H22N4O2. The first-order valence-electron chi connectivity index (χ1n) is 6.33. The predicted octanol–water partition coefficient (Wildman–Crippen LogP) is 0.679. The molecule has 2 aliphatic rings. The van der Waals surface area contributed by atoms with Crippen LogP contribution >= 0.6 is 0 Å². The standard InChI is InChI=1S/C12H22N4O2/c1-12(2,3)18-11(17)16-6-8-4-15(10(13)14)5-9(8)7-16/h8-9H,4-7H2,1-3H3,(H3,13,14). The van der Waals surface area contributed by atoms with Gasteiger partial charge >= 0.3 is 6.09 Å². The van der Waals surface area contributed by atoms with Crippen molar-refractivity contribution in [2.24, 2.45) is 17.6 Å². The van der Waals surface area contributed by atoms with E-state index in [1.807, 2.05) is 25.7 Å². The van der Waals surface area contributed by atoms with E-state index in [-0.39, 0.29) is 12.1 Å². The third-order valence-electron chi connectivity index (χ3n) is 3.48. The Kier molecular flexibility index (Phi) is 3.12. The van der Waals surface area contributed by atoms with E-state index in [0.29, 0.717) is 24.9 Å². The monoisotopic (exact) mass is 254 g/mol. The summed E-state index contributed by atoms with van der Waals surface area (Å²) in [6.45, 7) is 8.60. The van der Waals surface area contributed by atoms with Crippen LogP contribution in [0.1, 0.15) is 20.8 Å². The molecule has 6 heteroatoms. The fraction of sp³-hybridized carbons (Fsp3) is 0.833. The maximum absolute atomic E-state index is 11.9. The van der Waals surface area contributed by atoms with E-state index in [4.69, 9.17) is 15.9 Å². The molecule has 2 heterocycles. The van der Waals surface area contributed by atoms with Crippen molar-refractivity contribution in [2.75, 3.05) is 26.2 Å². The number of hydrogen-bond acceptors (Lipinski definition) is 3. The summed E-state index contributed by atoms with van der Waals surface area (Å²) in [6, 6.07) is 0. The van der Waals surface area contributed by atoms with Crippen LogP contribution in [-0.2, 0) is 4.74 Å². The van der Waals surface area contributed by atoms with Crippen LogP contribution < -0.4 is 5.73 Å². The molecule has 2 fully saturated rings. The van der Waals surface area contributed by atoms with Crippen LogP contribution in [0.25, 0.3) is 0 Å². The first-order chi connectivity index (χ1) is 8.26. The second-order valence-electron chi connectivity index (χ2n) is 6.20. The van der Waals surface area contributed by atoms with Gasteiger partial charge in [-0.25, -0.2) is 4.79 Å². The van der Waals surface area contributed by atoms with Gasteiger partial charge in [0, 0.05) is 38.0 Å². The number of carbonyl (C=O) groups is 1. The zero-order valence-electron chi connectivity index (χ0n) is 11.3. The number of nitrogens with one attached hydrogen (secondary N) is 1. The van der Waals surface area contributed by atoms with E-state index in [1.165, 1.54) is 0 Å². The summed E-state index contributed by atoms with van der Waals surface area (Å²) in [7, 11) is 0.